The van der Waals surface area contributed by atoms with Gasteiger partial charge in [0.2, 0.25) is 0 Å². The molecule has 1 aromatic rings. The van der Waals surface area contributed by atoms with Crippen molar-refractivity contribution in [3.8, 4) is 0 Å². The summed E-state index contributed by atoms with van der Waals surface area (Å²) in [6, 6.07) is 4.89. The lowest BCUT2D eigenvalue weighted by Crippen LogP contribution is -2.20. The summed E-state index contributed by atoms with van der Waals surface area (Å²) in [5.74, 6) is 0. The van der Waals surface area contributed by atoms with Gasteiger partial charge in [-0.1, -0.05) is 68.6 Å². The Kier molecular flexibility index (Phi) is 5.34. The molecule has 0 aliphatic heterocycles. The van der Waals surface area contributed by atoms with Crippen molar-refractivity contribution in [2.75, 3.05) is 0 Å². The minimum Gasteiger partial charge on any atom is -0.0833 e. The van der Waals surface area contributed by atoms with Crippen molar-refractivity contribution in [2.45, 2.75) is 77.5 Å². The first-order valence-corrected chi connectivity index (χ1v) is 9.26. The second-order valence-corrected chi connectivity index (χ2v) is 7.53. The molecule has 1 saturated carbocycles. The van der Waals surface area contributed by atoms with Crippen molar-refractivity contribution >= 4 is 15.9 Å². The highest BCUT2D eigenvalue weighted by Gasteiger charge is 2.37. The predicted octanol–water partition coefficient (Wildman–Crippen LogP) is 6.39. The van der Waals surface area contributed by atoms with Gasteiger partial charge in [-0.05, 0) is 59.8 Å². The zero-order chi connectivity index (χ0) is 14.8. The molecule has 20 heavy (non-hydrogen) atoms. The summed E-state index contributed by atoms with van der Waals surface area (Å²) < 4.78 is 0. The molecule has 0 spiro atoms. The first-order chi connectivity index (χ1) is 9.55. The van der Waals surface area contributed by atoms with E-state index >= 15 is 0 Å². The van der Waals surface area contributed by atoms with Gasteiger partial charge < -0.3 is 0 Å². The van der Waals surface area contributed by atoms with Crippen LogP contribution in [0.15, 0.2) is 12.1 Å². The minimum atomic E-state index is 0.446. The van der Waals surface area contributed by atoms with E-state index in [4.69, 9.17) is 0 Å². The Morgan fingerprint density at radius 1 is 1.00 bits per heavy atom. The molecule has 1 fully saturated rings. The van der Waals surface area contributed by atoms with Crippen LogP contribution in [0.2, 0.25) is 0 Å². The van der Waals surface area contributed by atoms with Gasteiger partial charge in [0.05, 0.1) is 0 Å². The van der Waals surface area contributed by atoms with Crippen LogP contribution in [0.4, 0.5) is 0 Å². The summed E-state index contributed by atoms with van der Waals surface area (Å²) in [5.41, 5.74) is 6.68. The maximum Gasteiger partial charge on any atom is 0.0454 e. The number of rotatable bonds is 5. The van der Waals surface area contributed by atoms with Crippen LogP contribution in [0.3, 0.4) is 0 Å². The van der Waals surface area contributed by atoms with E-state index in [0.29, 0.717) is 10.2 Å². The molecule has 0 heterocycles. The van der Waals surface area contributed by atoms with Crippen LogP contribution >= 0.6 is 15.9 Å². The van der Waals surface area contributed by atoms with Gasteiger partial charge in [0.15, 0.2) is 0 Å². The van der Waals surface area contributed by atoms with Gasteiger partial charge in [0.1, 0.15) is 0 Å². The molecule has 0 amide bonds. The van der Waals surface area contributed by atoms with Crippen LogP contribution in [0.1, 0.15) is 80.5 Å². The summed E-state index contributed by atoms with van der Waals surface area (Å²) >= 11 is 4.10. The second kappa shape index (κ2) is 6.64. The standard InChI is InChI=1S/C19H29Br/c1-5-14-12-15(6-2)17(16(7-3)13-14)18(20)19(4)10-8-9-11-19/h12-13,18H,5-11H2,1-4H3. The summed E-state index contributed by atoms with van der Waals surface area (Å²) in [6.45, 7) is 9.34. The average Bonchev–Trinajstić information content (AvgIpc) is 2.92. The first kappa shape index (κ1) is 16.1. The molecule has 0 bridgehead atoms. The van der Waals surface area contributed by atoms with Crippen molar-refractivity contribution in [3.63, 3.8) is 0 Å². The summed E-state index contributed by atoms with van der Waals surface area (Å²) in [5, 5.41) is 0. The second-order valence-electron chi connectivity index (χ2n) is 6.61. The van der Waals surface area contributed by atoms with E-state index in [2.05, 4.69) is 55.8 Å². The fourth-order valence-corrected chi connectivity index (χ4v) is 4.80. The van der Waals surface area contributed by atoms with E-state index in [-0.39, 0.29) is 0 Å². The van der Waals surface area contributed by atoms with Gasteiger partial charge in [-0.25, -0.2) is 0 Å². The van der Waals surface area contributed by atoms with Gasteiger partial charge in [-0.15, -0.1) is 0 Å². The number of alkyl halides is 1. The summed E-state index contributed by atoms with van der Waals surface area (Å²) in [7, 11) is 0. The van der Waals surface area contributed by atoms with Crippen molar-refractivity contribution in [3.05, 3.63) is 34.4 Å². The molecule has 112 valence electrons. The lowest BCUT2D eigenvalue weighted by molar-refractivity contribution is 0.329. The SMILES string of the molecule is CCc1cc(CC)c(C(Br)C2(C)CCCC2)c(CC)c1. The number of benzene rings is 1. The van der Waals surface area contributed by atoms with Crippen LogP contribution < -0.4 is 0 Å². The van der Waals surface area contributed by atoms with Gasteiger partial charge in [-0.2, -0.15) is 0 Å². The van der Waals surface area contributed by atoms with E-state index in [0.717, 1.165) is 19.3 Å². The normalized spacial score (nSPS) is 19.2. The molecule has 1 atom stereocenters. The molecular weight excluding hydrogens is 308 g/mol. The largest absolute Gasteiger partial charge is 0.0833 e. The Labute approximate surface area is 133 Å². The number of aryl methyl sites for hydroxylation is 3. The molecule has 0 saturated heterocycles. The van der Waals surface area contributed by atoms with E-state index < -0.39 is 0 Å². The molecule has 1 aliphatic carbocycles. The van der Waals surface area contributed by atoms with E-state index in [1.54, 1.807) is 16.7 Å². The molecule has 1 aliphatic rings. The van der Waals surface area contributed by atoms with Crippen LogP contribution in [-0.4, -0.2) is 0 Å². The highest BCUT2D eigenvalue weighted by Crippen LogP contribution is 2.53. The van der Waals surface area contributed by atoms with Crippen LogP contribution in [0.5, 0.6) is 0 Å². The molecule has 0 N–H and O–H groups in total. The Morgan fingerprint density at radius 3 is 1.90 bits per heavy atom. The van der Waals surface area contributed by atoms with Gasteiger partial charge in [0.25, 0.3) is 0 Å². The molecular formula is C19H29Br. The highest BCUT2D eigenvalue weighted by molar-refractivity contribution is 9.09. The third-order valence-corrected chi connectivity index (χ3v) is 6.76. The fourth-order valence-electron chi connectivity index (χ4n) is 3.75. The molecule has 2 rings (SSSR count). The zero-order valence-corrected chi connectivity index (χ0v) is 15.1. The van der Waals surface area contributed by atoms with E-state index in [1.165, 1.54) is 31.2 Å². The molecule has 1 unspecified atom stereocenters. The Bertz CT molecular complexity index is 430. The summed E-state index contributed by atoms with van der Waals surface area (Å²) in [6.07, 6.45) is 8.96. The fraction of sp³-hybridized carbons (Fsp3) is 0.684. The zero-order valence-electron chi connectivity index (χ0n) is 13.6. The van der Waals surface area contributed by atoms with Crippen molar-refractivity contribution in [1.82, 2.24) is 0 Å². The number of halogens is 1. The highest BCUT2D eigenvalue weighted by atomic mass is 79.9. The number of hydrogen-bond acceptors (Lipinski definition) is 0. The molecule has 0 aromatic heterocycles. The monoisotopic (exact) mass is 336 g/mol. The number of hydrogen-bond donors (Lipinski definition) is 0. The predicted molar refractivity (Wildman–Crippen MR) is 92.8 cm³/mol. The van der Waals surface area contributed by atoms with Gasteiger partial charge in [0, 0.05) is 4.83 Å². The molecule has 1 aromatic carbocycles. The molecule has 1 heteroatoms. The Morgan fingerprint density at radius 2 is 1.50 bits per heavy atom. The van der Waals surface area contributed by atoms with Crippen molar-refractivity contribution < 1.29 is 0 Å². The maximum absolute atomic E-state index is 4.10. The smallest absolute Gasteiger partial charge is 0.0454 e. The summed E-state index contributed by atoms with van der Waals surface area (Å²) in [4.78, 5) is 0.522. The lowest BCUT2D eigenvalue weighted by Gasteiger charge is -2.33. The maximum atomic E-state index is 4.10. The third-order valence-electron chi connectivity index (χ3n) is 5.19. The average molecular weight is 337 g/mol. The van der Waals surface area contributed by atoms with E-state index in [1.807, 2.05) is 0 Å². The van der Waals surface area contributed by atoms with Crippen LogP contribution in [0.25, 0.3) is 0 Å². The third kappa shape index (κ3) is 2.98. The van der Waals surface area contributed by atoms with Crippen molar-refractivity contribution in [1.29, 1.82) is 0 Å². The first-order valence-electron chi connectivity index (χ1n) is 8.34. The minimum absolute atomic E-state index is 0.446. The molecule has 0 radical (unpaired) electrons. The Balaban J connectivity index is 2.48. The quantitative estimate of drug-likeness (QED) is 0.546. The van der Waals surface area contributed by atoms with Crippen LogP contribution in [-0.2, 0) is 19.3 Å². The topological polar surface area (TPSA) is 0 Å². The van der Waals surface area contributed by atoms with Crippen molar-refractivity contribution in [2.24, 2.45) is 5.41 Å². The Hall–Kier alpha value is -0.300. The van der Waals surface area contributed by atoms with Gasteiger partial charge >= 0.3 is 0 Å². The lowest BCUT2D eigenvalue weighted by atomic mass is 9.78. The van der Waals surface area contributed by atoms with Gasteiger partial charge in [-0.3, -0.25) is 0 Å². The van der Waals surface area contributed by atoms with Crippen LogP contribution in [0, 0.1) is 5.41 Å². The molecule has 0 nitrogen and oxygen atoms in total. The van der Waals surface area contributed by atoms with E-state index in [9.17, 15) is 0 Å².